The van der Waals surface area contributed by atoms with Gasteiger partial charge >= 0.3 is 17.8 Å². The summed E-state index contributed by atoms with van der Waals surface area (Å²) in [5, 5.41) is 10.1. The minimum Gasteiger partial charge on any atom is -0.497 e. The summed E-state index contributed by atoms with van der Waals surface area (Å²) in [6.07, 6.45) is 0.0251. The molecule has 1 atom stereocenters. The number of aliphatic hydroxyl groups is 1. The second-order valence-electron chi connectivity index (χ2n) is 9.89. The zero-order valence-corrected chi connectivity index (χ0v) is 22.6. The fourth-order valence-corrected chi connectivity index (χ4v) is 5.58. The first kappa shape index (κ1) is 27.6. The number of esters is 2. The maximum Gasteiger partial charge on any atom is 0.322 e. The van der Waals surface area contributed by atoms with Crippen molar-refractivity contribution in [2.45, 2.75) is 30.8 Å². The molecule has 1 unspecified atom stereocenters. The van der Waals surface area contributed by atoms with Crippen molar-refractivity contribution in [3.63, 3.8) is 0 Å². The number of ether oxygens (including phenoxy) is 5. The van der Waals surface area contributed by atoms with E-state index in [-0.39, 0.29) is 38.3 Å². The van der Waals surface area contributed by atoms with E-state index in [0.717, 1.165) is 16.7 Å². The summed E-state index contributed by atoms with van der Waals surface area (Å²) in [5.74, 6) is -1.77. The third-order valence-electron chi connectivity index (χ3n) is 7.44. The predicted octanol–water partition coefficient (Wildman–Crippen LogP) is 3.82. The molecule has 0 saturated carbocycles. The molecule has 3 aromatic rings. The number of likely N-dealkylation sites (tertiary alicyclic amines) is 1. The highest BCUT2D eigenvalue weighted by molar-refractivity contribution is 5.79. The lowest BCUT2D eigenvalue weighted by Crippen LogP contribution is -2.50. The molecule has 210 valence electrons. The Labute approximate surface area is 233 Å². The Morgan fingerprint density at radius 1 is 0.900 bits per heavy atom. The lowest BCUT2D eigenvalue weighted by Gasteiger charge is -2.37. The molecule has 9 heteroatoms. The molecule has 3 aromatic carbocycles. The fourth-order valence-electron chi connectivity index (χ4n) is 5.58. The molecule has 1 spiro atoms. The average molecular weight is 548 g/mol. The van der Waals surface area contributed by atoms with Gasteiger partial charge in [-0.15, -0.1) is 0 Å². The standard InChI is InChI=1S/C31H33NO8/c1-36-25-13-14-26(27(17-25)37-2)31(23-9-5-3-6-10-23,24-11-7-4-8-12-24)38-20-22-18-30(32(19-22)21-33)39-28(34)15-16-29(35)40-30/h3-14,17,22,33H,15-16,18-21H2,1-2H3. The Kier molecular flexibility index (Phi) is 8.07. The first-order valence-electron chi connectivity index (χ1n) is 13.2. The zero-order valence-electron chi connectivity index (χ0n) is 22.6. The molecule has 2 saturated heterocycles. The van der Waals surface area contributed by atoms with Gasteiger partial charge in [0.25, 0.3) is 0 Å². The van der Waals surface area contributed by atoms with E-state index in [1.807, 2.05) is 78.9 Å². The lowest BCUT2D eigenvalue weighted by molar-refractivity contribution is -0.279. The van der Waals surface area contributed by atoms with E-state index in [0.29, 0.717) is 11.5 Å². The summed E-state index contributed by atoms with van der Waals surface area (Å²) >= 11 is 0. The van der Waals surface area contributed by atoms with Crippen molar-refractivity contribution >= 4 is 11.9 Å². The van der Waals surface area contributed by atoms with E-state index < -0.39 is 30.2 Å². The maximum absolute atomic E-state index is 12.3. The van der Waals surface area contributed by atoms with E-state index in [1.54, 1.807) is 14.2 Å². The van der Waals surface area contributed by atoms with Crippen molar-refractivity contribution in [2.24, 2.45) is 5.92 Å². The summed E-state index contributed by atoms with van der Waals surface area (Å²) < 4.78 is 29.5. The molecule has 0 aliphatic carbocycles. The molecule has 40 heavy (non-hydrogen) atoms. The first-order chi connectivity index (χ1) is 19.4. The van der Waals surface area contributed by atoms with Crippen LogP contribution in [0.4, 0.5) is 0 Å². The number of nitrogens with zero attached hydrogens (tertiary/aromatic N) is 1. The number of carbonyl (C=O) groups is 2. The van der Waals surface area contributed by atoms with Crippen LogP contribution in [0.3, 0.4) is 0 Å². The zero-order chi connectivity index (χ0) is 28.2. The molecule has 0 amide bonds. The van der Waals surface area contributed by atoms with Crippen LogP contribution in [0.15, 0.2) is 78.9 Å². The highest BCUT2D eigenvalue weighted by Gasteiger charge is 2.54. The largest absolute Gasteiger partial charge is 0.497 e. The van der Waals surface area contributed by atoms with Gasteiger partial charge in [0.05, 0.1) is 33.7 Å². The average Bonchev–Trinajstić information content (AvgIpc) is 3.25. The van der Waals surface area contributed by atoms with Crippen molar-refractivity contribution in [3.8, 4) is 11.5 Å². The minimum absolute atomic E-state index is 0.0661. The second kappa shape index (κ2) is 11.7. The quantitative estimate of drug-likeness (QED) is 0.316. The van der Waals surface area contributed by atoms with Gasteiger partial charge in [0.15, 0.2) is 0 Å². The van der Waals surface area contributed by atoms with E-state index >= 15 is 0 Å². The molecular formula is C31H33NO8. The number of aliphatic hydroxyl groups excluding tert-OH is 1. The number of rotatable bonds is 9. The van der Waals surface area contributed by atoms with Crippen molar-refractivity contribution < 1.29 is 38.4 Å². The van der Waals surface area contributed by atoms with Crippen LogP contribution in [0, 0.1) is 5.92 Å². The lowest BCUT2D eigenvalue weighted by atomic mass is 9.79. The van der Waals surface area contributed by atoms with Gasteiger partial charge in [0, 0.05) is 30.5 Å². The van der Waals surface area contributed by atoms with Crippen molar-refractivity contribution in [3.05, 3.63) is 95.6 Å². The van der Waals surface area contributed by atoms with Crippen molar-refractivity contribution in [1.82, 2.24) is 4.90 Å². The molecule has 1 N–H and O–H groups in total. The number of carbonyl (C=O) groups excluding carboxylic acids is 2. The van der Waals surface area contributed by atoms with Crippen LogP contribution in [-0.2, 0) is 29.4 Å². The summed E-state index contributed by atoms with van der Waals surface area (Å²) in [6.45, 7) is 0.0225. The van der Waals surface area contributed by atoms with E-state index in [1.165, 1.54) is 4.90 Å². The van der Waals surface area contributed by atoms with Gasteiger partial charge in [-0.25, -0.2) is 4.90 Å². The van der Waals surface area contributed by atoms with Gasteiger partial charge in [-0.3, -0.25) is 9.59 Å². The Morgan fingerprint density at radius 2 is 1.50 bits per heavy atom. The molecule has 0 bridgehead atoms. The van der Waals surface area contributed by atoms with Gasteiger partial charge in [0.2, 0.25) is 0 Å². The number of benzene rings is 3. The summed E-state index contributed by atoms with van der Waals surface area (Å²) in [4.78, 5) is 26.1. The molecule has 2 fully saturated rings. The van der Waals surface area contributed by atoms with Gasteiger partial charge in [-0.1, -0.05) is 60.7 Å². The number of hydrogen-bond acceptors (Lipinski definition) is 9. The molecule has 9 nitrogen and oxygen atoms in total. The molecule has 5 rings (SSSR count). The van der Waals surface area contributed by atoms with Crippen LogP contribution >= 0.6 is 0 Å². The molecular weight excluding hydrogens is 514 g/mol. The Morgan fingerprint density at radius 3 is 2.02 bits per heavy atom. The Balaban J connectivity index is 1.58. The Hall–Kier alpha value is -3.92. The number of methoxy groups -OCH3 is 2. The SMILES string of the molecule is COc1ccc(C(OCC2CN(CO)C3(C2)OC(=O)CCC(=O)O3)(c2ccccc2)c2ccccc2)c(OC)c1. The van der Waals surface area contributed by atoms with Crippen molar-refractivity contribution in [1.29, 1.82) is 0 Å². The van der Waals surface area contributed by atoms with Crippen LogP contribution in [0.1, 0.15) is 36.0 Å². The molecule has 0 aromatic heterocycles. The van der Waals surface area contributed by atoms with Crippen LogP contribution in [0.25, 0.3) is 0 Å². The Bertz CT molecular complexity index is 1270. The van der Waals surface area contributed by atoms with E-state index in [2.05, 4.69) is 0 Å². The van der Waals surface area contributed by atoms with E-state index in [4.69, 9.17) is 23.7 Å². The summed E-state index contributed by atoms with van der Waals surface area (Å²) in [7, 11) is 3.20. The predicted molar refractivity (Wildman–Crippen MR) is 144 cm³/mol. The normalized spacial score (nSPS) is 19.1. The topological polar surface area (TPSA) is 104 Å². The third kappa shape index (κ3) is 5.15. The minimum atomic E-state index is -1.66. The monoisotopic (exact) mass is 547 g/mol. The van der Waals surface area contributed by atoms with Gasteiger partial charge in [0.1, 0.15) is 23.8 Å². The maximum atomic E-state index is 12.3. The smallest absolute Gasteiger partial charge is 0.322 e. The van der Waals surface area contributed by atoms with Crippen LogP contribution in [-0.4, -0.2) is 62.0 Å². The molecule has 2 aliphatic rings. The summed E-state index contributed by atoms with van der Waals surface area (Å²) in [6, 6.07) is 25.3. The summed E-state index contributed by atoms with van der Waals surface area (Å²) in [5.41, 5.74) is 1.43. The third-order valence-corrected chi connectivity index (χ3v) is 7.44. The molecule has 0 radical (unpaired) electrons. The van der Waals surface area contributed by atoms with Crippen LogP contribution in [0.2, 0.25) is 0 Å². The highest BCUT2D eigenvalue weighted by Crippen LogP contribution is 2.47. The fraction of sp³-hybridized carbons (Fsp3) is 0.355. The van der Waals surface area contributed by atoms with Crippen LogP contribution < -0.4 is 9.47 Å². The second-order valence-corrected chi connectivity index (χ2v) is 9.89. The van der Waals surface area contributed by atoms with Crippen molar-refractivity contribution in [2.75, 3.05) is 34.1 Å². The molecule has 2 heterocycles. The van der Waals surface area contributed by atoms with Gasteiger partial charge < -0.3 is 28.8 Å². The van der Waals surface area contributed by atoms with Crippen LogP contribution in [0.5, 0.6) is 11.5 Å². The highest BCUT2D eigenvalue weighted by atomic mass is 16.8. The number of hydrogen-bond donors (Lipinski definition) is 1. The molecule has 2 aliphatic heterocycles. The van der Waals surface area contributed by atoms with Gasteiger partial charge in [-0.05, 0) is 23.3 Å². The van der Waals surface area contributed by atoms with Gasteiger partial charge in [-0.2, -0.15) is 0 Å². The first-order valence-corrected chi connectivity index (χ1v) is 13.2. The van der Waals surface area contributed by atoms with E-state index in [9.17, 15) is 14.7 Å².